The molecule has 2 saturated heterocycles. The normalized spacial score (nSPS) is 24.0. The van der Waals surface area contributed by atoms with Gasteiger partial charge in [0.15, 0.2) is 0 Å². The maximum Gasteiger partial charge on any atom is 0.0793 e. The van der Waals surface area contributed by atoms with Gasteiger partial charge >= 0.3 is 0 Å². The molecular weight excluding hydrogens is 256 g/mol. The summed E-state index contributed by atoms with van der Waals surface area (Å²) in [6.45, 7) is 6.99. The quantitative estimate of drug-likeness (QED) is 0.801. The predicted octanol–water partition coefficient (Wildman–Crippen LogP) is 4.18. The highest BCUT2D eigenvalue weighted by Gasteiger charge is 2.24. The fourth-order valence-electron chi connectivity index (χ4n) is 3.42. The van der Waals surface area contributed by atoms with Gasteiger partial charge in [0.25, 0.3) is 0 Å². The van der Waals surface area contributed by atoms with Crippen molar-refractivity contribution in [1.82, 2.24) is 0 Å². The molecule has 0 radical (unpaired) electrons. The minimum absolute atomic E-state index is 0.774. The second-order valence-corrected chi connectivity index (χ2v) is 6.40. The average Bonchev–Trinajstić information content (AvgIpc) is 2.92. The summed E-state index contributed by atoms with van der Waals surface area (Å²) in [6.07, 6.45) is 5.25. The number of rotatable bonds is 2. The summed E-state index contributed by atoms with van der Waals surface area (Å²) in [5.41, 5.74) is 2.62. The molecule has 0 N–H and O–H groups in total. The van der Waals surface area contributed by atoms with Crippen molar-refractivity contribution in [3.63, 3.8) is 0 Å². The fraction of sp³-hybridized carbons (Fsp3) is 0.625. The molecule has 0 aliphatic carbocycles. The number of halogens is 1. The van der Waals surface area contributed by atoms with E-state index in [0.29, 0.717) is 0 Å². The molecule has 2 aliphatic heterocycles. The molecule has 1 aromatic rings. The molecule has 0 bridgehead atoms. The third kappa shape index (κ3) is 2.69. The zero-order valence-corrected chi connectivity index (χ0v) is 12.5. The molecule has 0 amide bonds. The molecule has 3 heteroatoms. The van der Waals surface area contributed by atoms with E-state index in [1.807, 2.05) is 6.07 Å². The van der Waals surface area contributed by atoms with Crippen LogP contribution in [0, 0.1) is 5.92 Å². The third-order valence-electron chi connectivity index (χ3n) is 4.39. The molecule has 2 fully saturated rings. The Labute approximate surface area is 121 Å². The first kappa shape index (κ1) is 13.1. The highest BCUT2D eigenvalue weighted by atomic mass is 35.5. The van der Waals surface area contributed by atoms with Crippen molar-refractivity contribution in [2.75, 3.05) is 36.0 Å². The molecule has 19 heavy (non-hydrogen) atoms. The Kier molecular flexibility index (Phi) is 3.88. The summed E-state index contributed by atoms with van der Waals surface area (Å²) in [5, 5.41) is 0.915. The van der Waals surface area contributed by atoms with Crippen LogP contribution < -0.4 is 9.80 Å². The topological polar surface area (TPSA) is 6.48 Å². The van der Waals surface area contributed by atoms with Crippen molar-refractivity contribution >= 4 is 23.0 Å². The van der Waals surface area contributed by atoms with E-state index in [1.54, 1.807) is 0 Å². The van der Waals surface area contributed by atoms with Crippen molar-refractivity contribution < 1.29 is 0 Å². The first-order valence-electron chi connectivity index (χ1n) is 7.54. The Bertz CT molecular complexity index is 440. The van der Waals surface area contributed by atoms with E-state index in [0.717, 1.165) is 24.0 Å². The number of piperidine rings is 1. The van der Waals surface area contributed by atoms with Crippen molar-refractivity contribution in [3.8, 4) is 0 Å². The van der Waals surface area contributed by atoms with Crippen LogP contribution in [-0.2, 0) is 0 Å². The number of hydrogen-bond donors (Lipinski definition) is 0. The molecular formula is C16H23ClN2. The SMILES string of the molecule is CC1CCCN(c2c(Cl)cccc2N2CCCC2)C1. The van der Waals surface area contributed by atoms with Gasteiger partial charge in [-0.2, -0.15) is 0 Å². The average molecular weight is 279 g/mol. The van der Waals surface area contributed by atoms with Crippen LogP contribution in [-0.4, -0.2) is 26.2 Å². The molecule has 1 unspecified atom stereocenters. The summed E-state index contributed by atoms with van der Waals surface area (Å²) >= 11 is 6.52. The van der Waals surface area contributed by atoms with Gasteiger partial charge in [-0.15, -0.1) is 0 Å². The monoisotopic (exact) mass is 278 g/mol. The van der Waals surface area contributed by atoms with Gasteiger partial charge in [-0.3, -0.25) is 0 Å². The Balaban J connectivity index is 1.93. The van der Waals surface area contributed by atoms with Crippen LogP contribution in [0.5, 0.6) is 0 Å². The van der Waals surface area contributed by atoms with Gasteiger partial charge in [-0.05, 0) is 43.7 Å². The highest BCUT2D eigenvalue weighted by Crippen LogP contribution is 2.39. The molecule has 3 rings (SSSR count). The zero-order valence-electron chi connectivity index (χ0n) is 11.7. The molecule has 0 spiro atoms. The van der Waals surface area contributed by atoms with Gasteiger partial charge in [0.2, 0.25) is 0 Å². The predicted molar refractivity (Wildman–Crippen MR) is 83.5 cm³/mol. The molecule has 2 aliphatic rings. The molecule has 1 aromatic carbocycles. The second-order valence-electron chi connectivity index (χ2n) is 6.00. The number of nitrogens with zero attached hydrogens (tertiary/aromatic N) is 2. The minimum Gasteiger partial charge on any atom is -0.370 e. The van der Waals surface area contributed by atoms with Crippen LogP contribution in [0.15, 0.2) is 18.2 Å². The van der Waals surface area contributed by atoms with Crippen LogP contribution in [0.3, 0.4) is 0 Å². The summed E-state index contributed by atoms with van der Waals surface area (Å²) in [5.74, 6) is 0.774. The number of anilines is 2. The van der Waals surface area contributed by atoms with Crippen LogP contribution in [0.4, 0.5) is 11.4 Å². The lowest BCUT2D eigenvalue weighted by molar-refractivity contribution is 0.447. The molecule has 104 valence electrons. The molecule has 2 nitrogen and oxygen atoms in total. The van der Waals surface area contributed by atoms with Gasteiger partial charge in [-0.1, -0.05) is 24.6 Å². The lowest BCUT2D eigenvalue weighted by Gasteiger charge is -2.36. The number of benzene rings is 1. The Hall–Kier alpha value is -0.890. The van der Waals surface area contributed by atoms with E-state index >= 15 is 0 Å². The highest BCUT2D eigenvalue weighted by molar-refractivity contribution is 6.34. The van der Waals surface area contributed by atoms with Gasteiger partial charge in [0.1, 0.15) is 0 Å². The number of para-hydroxylation sites is 1. The first-order chi connectivity index (χ1) is 9.25. The van der Waals surface area contributed by atoms with E-state index in [9.17, 15) is 0 Å². The maximum atomic E-state index is 6.52. The van der Waals surface area contributed by atoms with E-state index < -0.39 is 0 Å². The number of hydrogen-bond acceptors (Lipinski definition) is 2. The fourth-order valence-corrected chi connectivity index (χ4v) is 3.71. The van der Waals surface area contributed by atoms with Crippen molar-refractivity contribution in [2.24, 2.45) is 5.92 Å². The zero-order chi connectivity index (χ0) is 13.2. The summed E-state index contributed by atoms with van der Waals surface area (Å²) < 4.78 is 0. The van der Waals surface area contributed by atoms with Crippen LogP contribution in [0.25, 0.3) is 0 Å². The smallest absolute Gasteiger partial charge is 0.0793 e. The summed E-state index contributed by atoms with van der Waals surface area (Å²) in [4.78, 5) is 5.00. The molecule has 2 heterocycles. The molecule has 0 saturated carbocycles. The Morgan fingerprint density at radius 1 is 1.05 bits per heavy atom. The van der Waals surface area contributed by atoms with Crippen LogP contribution >= 0.6 is 11.6 Å². The van der Waals surface area contributed by atoms with Crippen LogP contribution in [0.2, 0.25) is 5.02 Å². The summed E-state index contributed by atoms with van der Waals surface area (Å²) in [6, 6.07) is 6.37. The van der Waals surface area contributed by atoms with Crippen molar-refractivity contribution in [3.05, 3.63) is 23.2 Å². The Morgan fingerprint density at radius 2 is 1.79 bits per heavy atom. The van der Waals surface area contributed by atoms with Gasteiger partial charge in [-0.25, -0.2) is 0 Å². The van der Waals surface area contributed by atoms with E-state index in [-0.39, 0.29) is 0 Å². The minimum atomic E-state index is 0.774. The van der Waals surface area contributed by atoms with E-state index in [4.69, 9.17) is 11.6 Å². The van der Waals surface area contributed by atoms with Gasteiger partial charge in [0, 0.05) is 26.2 Å². The molecule has 1 atom stereocenters. The summed E-state index contributed by atoms with van der Waals surface area (Å²) in [7, 11) is 0. The first-order valence-corrected chi connectivity index (χ1v) is 7.92. The van der Waals surface area contributed by atoms with Crippen molar-refractivity contribution in [2.45, 2.75) is 32.6 Å². The lowest BCUT2D eigenvalue weighted by Crippen LogP contribution is -2.35. The maximum absolute atomic E-state index is 6.52. The van der Waals surface area contributed by atoms with E-state index in [2.05, 4.69) is 28.9 Å². The van der Waals surface area contributed by atoms with E-state index in [1.165, 1.54) is 50.1 Å². The second kappa shape index (κ2) is 5.62. The Morgan fingerprint density at radius 3 is 2.53 bits per heavy atom. The largest absolute Gasteiger partial charge is 0.370 e. The van der Waals surface area contributed by atoms with Crippen LogP contribution in [0.1, 0.15) is 32.6 Å². The van der Waals surface area contributed by atoms with Gasteiger partial charge in [0.05, 0.1) is 16.4 Å². The lowest BCUT2D eigenvalue weighted by atomic mass is 9.99. The standard InChI is InChI=1S/C16H23ClN2/c1-13-6-5-11-19(12-13)16-14(17)7-4-8-15(16)18-9-2-3-10-18/h4,7-8,13H,2-3,5-6,9-12H2,1H3. The van der Waals surface area contributed by atoms with Crippen molar-refractivity contribution in [1.29, 1.82) is 0 Å². The van der Waals surface area contributed by atoms with Gasteiger partial charge < -0.3 is 9.80 Å². The molecule has 0 aromatic heterocycles. The third-order valence-corrected chi connectivity index (χ3v) is 4.69.